The number of halogens is 3. The van der Waals surface area contributed by atoms with Crippen LogP contribution in [0.25, 0.3) is 10.9 Å². The summed E-state index contributed by atoms with van der Waals surface area (Å²) >= 11 is 0. The molecule has 2 heterocycles. The van der Waals surface area contributed by atoms with Crippen LogP contribution in [0.15, 0.2) is 53.3 Å². The van der Waals surface area contributed by atoms with Crippen molar-refractivity contribution in [2.75, 3.05) is 36.5 Å². The molecule has 192 valence electrons. The number of aryl methyl sites for hydroxylation is 1. The lowest BCUT2D eigenvalue weighted by Crippen LogP contribution is -2.38. The molecule has 0 bridgehead atoms. The maximum absolute atomic E-state index is 13.3. The van der Waals surface area contributed by atoms with Gasteiger partial charge in [-0.3, -0.25) is 9.59 Å². The fourth-order valence-electron chi connectivity index (χ4n) is 4.89. The van der Waals surface area contributed by atoms with E-state index in [-0.39, 0.29) is 17.9 Å². The van der Waals surface area contributed by atoms with Gasteiger partial charge in [0.25, 0.3) is 11.5 Å². The lowest BCUT2D eigenvalue weighted by molar-refractivity contribution is -0.137. The molecule has 0 aliphatic carbocycles. The first-order chi connectivity index (χ1) is 17.1. The molecule has 1 aliphatic rings. The summed E-state index contributed by atoms with van der Waals surface area (Å²) in [7, 11) is 1.44. The van der Waals surface area contributed by atoms with Crippen LogP contribution in [0.1, 0.15) is 42.1 Å². The second-order valence-electron chi connectivity index (χ2n) is 9.21. The van der Waals surface area contributed by atoms with Gasteiger partial charge in [-0.2, -0.15) is 13.2 Å². The maximum Gasteiger partial charge on any atom is 0.416 e. The molecule has 1 saturated heterocycles. The number of pyridine rings is 1. The van der Waals surface area contributed by atoms with Crippen molar-refractivity contribution >= 4 is 28.2 Å². The Morgan fingerprint density at radius 2 is 1.83 bits per heavy atom. The third kappa shape index (κ3) is 5.11. The van der Waals surface area contributed by atoms with E-state index in [1.54, 1.807) is 28.8 Å². The number of rotatable bonds is 6. The predicted octanol–water partition coefficient (Wildman–Crippen LogP) is 4.92. The van der Waals surface area contributed by atoms with E-state index < -0.39 is 17.6 Å². The number of aliphatic hydroxyl groups excluding tert-OH is 1. The van der Waals surface area contributed by atoms with Gasteiger partial charge in [0, 0.05) is 49.9 Å². The van der Waals surface area contributed by atoms with Gasteiger partial charge in [0.2, 0.25) is 0 Å². The molecule has 9 heteroatoms. The van der Waals surface area contributed by atoms with E-state index in [1.165, 1.54) is 24.1 Å². The second kappa shape index (κ2) is 10.3. The van der Waals surface area contributed by atoms with Gasteiger partial charge in [0.1, 0.15) is 5.69 Å². The number of anilines is 2. The molecule has 36 heavy (non-hydrogen) atoms. The number of aromatic nitrogens is 1. The van der Waals surface area contributed by atoms with E-state index in [1.807, 2.05) is 6.92 Å². The van der Waals surface area contributed by atoms with E-state index in [0.717, 1.165) is 31.4 Å². The number of alkyl halides is 3. The normalized spacial score (nSPS) is 14.9. The van der Waals surface area contributed by atoms with Gasteiger partial charge >= 0.3 is 6.18 Å². The Morgan fingerprint density at radius 1 is 1.11 bits per heavy atom. The Kier molecular flexibility index (Phi) is 7.40. The number of amides is 1. The molecule has 1 aliphatic heterocycles. The summed E-state index contributed by atoms with van der Waals surface area (Å²) in [5.41, 5.74) is 0.807. The average molecular weight is 502 g/mol. The summed E-state index contributed by atoms with van der Waals surface area (Å²) in [6, 6.07) is 11.5. The highest BCUT2D eigenvalue weighted by Gasteiger charge is 2.31. The molecule has 0 radical (unpaired) electrons. The van der Waals surface area contributed by atoms with Crippen LogP contribution in [0.3, 0.4) is 0 Å². The van der Waals surface area contributed by atoms with Gasteiger partial charge in [-0.05, 0) is 74.6 Å². The van der Waals surface area contributed by atoms with E-state index in [4.69, 9.17) is 0 Å². The fourth-order valence-corrected chi connectivity index (χ4v) is 4.89. The van der Waals surface area contributed by atoms with Crippen LogP contribution >= 0.6 is 0 Å². The Bertz CT molecular complexity index is 1310. The van der Waals surface area contributed by atoms with Crippen LogP contribution in [0.4, 0.5) is 24.5 Å². The Hall–Kier alpha value is -3.33. The zero-order chi connectivity index (χ0) is 26.0. The van der Waals surface area contributed by atoms with Crippen LogP contribution in [0.5, 0.6) is 0 Å². The number of fused-ring (bicyclic) bond motifs is 1. The molecule has 6 nitrogen and oxygen atoms in total. The minimum Gasteiger partial charge on any atom is -0.396 e. The Morgan fingerprint density at radius 3 is 2.47 bits per heavy atom. The zero-order valence-electron chi connectivity index (χ0n) is 20.4. The van der Waals surface area contributed by atoms with Crippen molar-refractivity contribution in [2.24, 2.45) is 5.92 Å². The third-order valence-corrected chi connectivity index (χ3v) is 7.00. The number of nitrogens with zero attached hydrogens (tertiary/aromatic N) is 3. The van der Waals surface area contributed by atoms with E-state index in [9.17, 15) is 27.9 Å². The zero-order valence-corrected chi connectivity index (χ0v) is 20.4. The third-order valence-electron chi connectivity index (χ3n) is 7.00. The number of piperidine rings is 1. The van der Waals surface area contributed by atoms with Gasteiger partial charge in [-0.15, -0.1) is 0 Å². The SMILES string of the molecule is CCn1c(=O)c(N2CCC(CCO)CC2)cc2cc(C(=O)N(C)c3cccc(C(F)(F)F)c3)ccc21. The number of carbonyl (C=O) groups excluding carboxylic acids is 1. The van der Waals surface area contributed by atoms with Crippen molar-refractivity contribution in [1.29, 1.82) is 0 Å². The molecule has 1 amide bonds. The van der Waals surface area contributed by atoms with Crippen molar-refractivity contribution in [1.82, 2.24) is 4.57 Å². The van der Waals surface area contributed by atoms with Gasteiger partial charge in [0.15, 0.2) is 0 Å². The maximum atomic E-state index is 13.3. The molecule has 1 aromatic heterocycles. The van der Waals surface area contributed by atoms with Crippen molar-refractivity contribution < 1.29 is 23.1 Å². The van der Waals surface area contributed by atoms with Gasteiger partial charge in [-0.25, -0.2) is 0 Å². The number of hydrogen-bond acceptors (Lipinski definition) is 4. The van der Waals surface area contributed by atoms with Crippen molar-refractivity contribution in [3.63, 3.8) is 0 Å². The molecule has 4 rings (SSSR count). The minimum atomic E-state index is -4.50. The molecule has 0 saturated carbocycles. The Labute approximate surface area is 207 Å². The van der Waals surface area contributed by atoms with E-state index in [0.29, 0.717) is 47.7 Å². The first-order valence-electron chi connectivity index (χ1n) is 12.1. The second-order valence-corrected chi connectivity index (χ2v) is 9.21. The van der Waals surface area contributed by atoms with Crippen LogP contribution in [-0.4, -0.2) is 42.3 Å². The number of hydrogen-bond donors (Lipinski definition) is 1. The molecule has 1 N–H and O–H groups in total. The summed E-state index contributed by atoms with van der Waals surface area (Å²) < 4.78 is 41.1. The van der Waals surface area contributed by atoms with Crippen LogP contribution in [0.2, 0.25) is 0 Å². The van der Waals surface area contributed by atoms with Crippen LogP contribution in [0, 0.1) is 5.92 Å². The molecule has 0 spiro atoms. The first-order valence-corrected chi connectivity index (χ1v) is 12.1. The van der Waals surface area contributed by atoms with Crippen molar-refractivity contribution in [3.8, 4) is 0 Å². The molecule has 2 aromatic carbocycles. The standard InChI is InChI=1S/C27H30F3N3O3/c1-3-33-23-8-7-19(25(35)31(2)22-6-4-5-21(17-22)27(28,29)30)15-20(23)16-24(26(33)36)32-12-9-18(10-13-32)11-14-34/h4-8,15-18,34H,3,9-14H2,1-2H3. The van der Waals surface area contributed by atoms with Crippen LogP contribution < -0.4 is 15.4 Å². The van der Waals surface area contributed by atoms with Gasteiger partial charge in [0.05, 0.1) is 11.1 Å². The quantitative estimate of drug-likeness (QED) is 0.521. The van der Waals surface area contributed by atoms with Gasteiger partial charge < -0.3 is 19.5 Å². The molecular weight excluding hydrogens is 471 g/mol. The van der Waals surface area contributed by atoms with Crippen molar-refractivity contribution in [2.45, 2.75) is 38.9 Å². The Balaban J connectivity index is 1.67. The topological polar surface area (TPSA) is 65.8 Å². The molecular formula is C27H30F3N3O3. The number of aliphatic hydroxyl groups is 1. The smallest absolute Gasteiger partial charge is 0.396 e. The molecule has 0 unspecified atom stereocenters. The molecule has 0 atom stereocenters. The highest BCUT2D eigenvalue weighted by Crippen LogP contribution is 2.32. The predicted molar refractivity (Wildman–Crippen MR) is 135 cm³/mol. The number of benzene rings is 2. The van der Waals surface area contributed by atoms with Crippen molar-refractivity contribution in [3.05, 3.63) is 70.0 Å². The largest absolute Gasteiger partial charge is 0.416 e. The summed E-state index contributed by atoms with van der Waals surface area (Å²) in [5, 5.41) is 9.93. The lowest BCUT2D eigenvalue weighted by Gasteiger charge is -2.33. The monoisotopic (exact) mass is 501 g/mol. The highest BCUT2D eigenvalue weighted by molar-refractivity contribution is 6.07. The van der Waals surface area contributed by atoms with E-state index in [2.05, 4.69) is 4.90 Å². The summed E-state index contributed by atoms with van der Waals surface area (Å²) in [6.07, 6.45) is -1.96. The first kappa shape index (κ1) is 25.8. The summed E-state index contributed by atoms with van der Waals surface area (Å²) in [5.74, 6) is -0.00689. The highest BCUT2D eigenvalue weighted by atomic mass is 19.4. The van der Waals surface area contributed by atoms with E-state index >= 15 is 0 Å². The molecule has 3 aromatic rings. The average Bonchev–Trinajstić information content (AvgIpc) is 2.87. The fraction of sp³-hybridized carbons (Fsp3) is 0.407. The summed E-state index contributed by atoms with van der Waals surface area (Å²) in [4.78, 5) is 29.7. The lowest BCUT2D eigenvalue weighted by atomic mass is 9.93. The number of carbonyl (C=O) groups is 1. The van der Waals surface area contributed by atoms with Crippen LogP contribution in [-0.2, 0) is 12.7 Å². The minimum absolute atomic E-state index is 0.0919. The van der Waals surface area contributed by atoms with Gasteiger partial charge in [-0.1, -0.05) is 6.07 Å². The molecule has 1 fully saturated rings. The summed E-state index contributed by atoms with van der Waals surface area (Å²) in [6.45, 7) is 3.94.